The van der Waals surface area contributed by atoms with Crippen molar-refractivity contribution < 1.29 is 4.74 Å². The molecular weight excluding hydrogens is 210 g/mol. The van der Waals surface area contributed by atoms with Gasteiger partial charge in [0.2, 0.25) is 0 Å². The summed E-state index contributed by atoms with van der Waals surface area (Å²) in [6.07, 6.45) is 2.11. The maximum atomic E-state index is 6.21. The van der Waals surface area contributed by atoms with Gasteiger partial charge in [0, 0.05) is 25.1 Å². The molecule has 1 unspecified atom stereocenters. The van der Waals surface area contributed by atoms with Gasteiger partial charge in [0.15, 0.2) is 0 Å². The van der Waals surface area contributed by atoms with Crippen molar-refractivity contribution in [2.75, 3.05) is 26.3 Å². The molecular formula is C12H26ClNO. The van der Waals surface area contributed by atoms with E-state index in [1.165, 1.54) is 0 Å². The predicted octanol–water partition coefficient (Wildman–Crippen LogP) is 3.05. The van der Waals surface area contributed by atoms with E-state index in [4.69, 9.17) is 16.3 Å². The molecule has 0 spiro atoms. The molecule has 92 valence electrons. The predicted molar refractivity (Wildman–Crippen MR) is 67.7 cm³/mol. The van der Waals surface area contributed by atoms with Crippen molar-refractivity contribution in [3.63, 3.8) is 0 Å². The Morgan fingerprint density at radius 1 is 1.33 bits per heavy atom. The van der Waals surface area contributed by atoms with Crippen molar-refractivity contribution in [2.45, 2.75) is 45.9 Å². The quantitative estimate of drug-likeness (QED) is 0.516. The Bertz CT molecular complexity index is 145. The molecule has 0 aliphatic rings. The summed E-state index contributed by atoms with van der Waals surface area (Å²) >= 11 is 6.21. The molecule has 0 bridgehead atoms. The zero-order chi connectivity index (χ0) is 11.7. The molecule has 0 aromatic rings. The number of rotatable bonds is 8. The van der Waals surface area contributed by atoms with Crippen molar-refractivity contribution in [3.05, 3.63) is 0 Å². The van der Waals surface area contributed by atoms with Gasteiger partial charge in [-0.15, -0.1) is 11.6 Å². The second-order valence-corrected chi connectivity index (χ2v) is 5.73. The number of halogens is 1. The van der Waals surface area contributed by atoms with Crippen LogP contribution in [-0.2, 0) is 4.74 Å². The fourth-order valence-corrected chi connectivity index (χ4v) is 2.01. The maximum absolute atomic E-state index is 6.21. The Morgan fingerprint density at radius 3 is 2.53 bits per heavy atom. The van der Waals surface area contributed by atoms with E-state index in [2.05, 4.69) is 26.1 Å². The second kappa shape index (κ2) is 8.37. The molecule has 3 heteroatoms. The third-order valence-electron chi connectivity index (χ3n) is 2.05. The molecule has 0 saturated heterocycles. The van der Waals surface area contributed by atoms with Crippen LogP contribution < -0.4 is 5.32 Å². The van der Waals surface area contributed by atoms with Gasteiger partial charge in [-0.1, -0.05) is 20.8 Å². The van der Waals surface area contributed by atoms with Crippen LogP contribution in [0.3, 0.4) is 0 Å². The number of hydrogen-bond acceptors (Lipinski definition) is 2. The van der Waals surface area contributed by atoms with Crippen molar-refractivity contribution in [1.29, 1.82) is 0 Å². The van der Waals surface area contributed by atoms with Crippen LogP contribution in [0.4, 0.5) is 0 Å². The van der Waals surface area contributed by atoms with E-state index < -0.39 is 0 Å². The highest BCUT2D eigenvalue weighted by atomic mass is 35.5. The lowest BCUT2D eigenvalue weighted by molar-refractivity contribution is 0.144. The smallest absolute Gasteiger partial charge is 0.0477 e. The fourth-order valence-electron chi connectivity index (χ4n) is 1.44. The summed E-state index contributed by atoms with van der Waals surface area (Å²) in [6.45, 7) is 12.2. The first-order valence-corrected chi connectivity index (χ1v) is 6.32. The molecule has 15 heavy (non-hydrogen) atoms. The summed E-state index contributed by atoms with van der Waals surface area (Å²) in [7, 11) is 0. The van der Waals surface area contributed by atoms with Gasteiger partial charge in [-0.3, -0.25) is 0 Å². The van der Waals surface area contributed by atoms with E-state index in [9.17, 15) is 0 Å². The van der Waals surface area contributed by atoms with Crippen molar-refractivity contribution >= 4 is 11.6 Å². The number of alkyl halides is 1. The number of ether oxygens (including phenoxy) is 1. The molecule has 0 fully saturated rings. The lowest BCUT2D eigenvalue weighted by Crippen LogP contribution is -2.27. The lowest BCUT2D eigenvalue weighted by Gasteiger charge is -2.22. The van der Waals surface area contributed by atoms with Gasteiger partial charge < -0.3 is 10.1 Å². The molecule has 2 nitrogen and oxygen atoms in total. The van der Waals surface area contributed by atoms with Crippen LogP contribution in [0.15, 0.2) is 0 Å². The molecule has 0 heterocycles. The SMILES string of the molecule is CCOCCCNCC(Cl)CC(C)(C)C. The van der Waals surface area contributed by atoms with Gasteiger partial charge >= 0.3 is 0 Å². The summed E-state index contributed by atoms with van der Waals surface area (Å²) in [4.78, 5) is 0. The molecule has 0 aliphatic heterocycles. The summed E-state index contributed by atoms with van der Waals surface area (Å²) in [5.74, 6) is 0. The van der Waals surface area contributed by atoms with Gasteiger partial charge in [-0.2, -0.15) is 0 Å². The van der Waals surface area contributed by atoms with Gasteiger partial charge in [0.25, 0.3) is 0 Å². The van der Waals surface area contributed by atoms with E-state index in [-0.39, 0.29) is 5.38 Å². The summed E-state index contributed by atoms with van der Waals surface area (Å²) in [5, 5.41) is 3.59. The minimum absolute atomic E-state index is 0.233. The first-order chi connectivity index (χ1) is 6.95. The second-order valence-electron chi connectivity index (χ2n) is 5.12. The third kappa shape index (κ3) is 12.1. The maximum Gasteiger partial charge on any atom is 0.0477 e. The summed E-state index contributed by atoms with van der Waals surface area (Å²) in [5.41, 5.74) is 0.319. The van der Waals surface area contributed by atoms with E-state index in [1.54, 1.807) is 0 Å². The van der Waals surface area contributed by atoms with Crippen molar-refractivity contribution in [3.8, 4) is 0 Å². The normalized spacial score (nSPS) is 14.2. The van der Waals surface area contributed by atoms with Gasteiger partial charge in [-0.25, -0.2) is 0 Å². The molecule has 0 aliphatic carbocycles. The summed E-state index contributed by atoms with van der Waals surface area (Å²) < 4.78 is 5.25. The van der Waals surface area contributed by atoms with Crippen LogP contribution in [0.2, 0.25) is 0 Å². The van der Waals surface area contributed by atoms with Gasteiger partial charge in [0.05, 0.1) is 0 Å². The van der Waals surface area contributed by atoms with Crippen LogP contribution in [0.1, 0.15) is 40.5 Å². The molecule has 0 radical (unpaired) electrons. The largest absolute Gasteiger partial charge is 0.382 e. The molecule has 0 aromatic carbocycles. The van der Waals surface area contributed by atoms with Crippen LogP contribution in [0.25, 0.3) is 0 Å². The number of hydrogen-bond donors (Lipinski definition) is 1. The Hall–Kier alpha value is 0.210. The topological polar surface area (TPSA) is 21.3 Å². The Balaban J connectivity index is 3.28. The minimum atomic E-state index is 0.233. The monoisotopic (exact) mass is 235 g/mol. The molecule has 1 atom stereocenters. The van der Waals surface area contributed by atoms with Crippen LogP contribution >= 0.6 is 11.6 Å². The molecule has 0 aromatic heterocycles. The molecule has 1 N–H and O–H groups in total. The fraction of sp³-hybridized carbons (Fsp3) is 1.00. The van der Waals surface area contributed by atoms with Crippen molar-refractivity contribution in [1.82, 2.24) is 5.32 Å². The Morgan fingerprint density at radius 2 is 2.00 bits per heavy atom. The van der Waals surface area contributed by atoms with Crippen LogP contribution in [0.5, 0.6) is 0 Å². The van der Waals surface area contributed by atoms with Crippen molar-refractivity contribution in [2.24, 2.45) is 5.41 Å². The highest BCUT2D eigenvalue weighted by Crippen LogP contribution is 2.23. The van der Waals surface area contributed by atoms with E-state index >= 15 is 0 Å². The average molecular weight is 236 g/mol. The lowest BCUT2D eigenvalue weighted by atomic mass is 9.90. The van der Waals surface area contributed by atoms with E-state index in [0.29, 0.717) is 5.41 Å². The molecule has 0 rings (SSSR count). The average Bonchev–Trinajstić information content (AvgIpc) is 2.08. The molecule has 0 amide bonds. The van der Waals surface area contributed by atoms with E-state index in [0.717, 1.165) is 39.1 Å². The van der Waals surface area contributed by atoms with Gasteiger partial charge in [0.1, 0.15) is 0 Å². The van der Waals surface area contributed by atoms with E-state index in [1.807, 2.05) is 6.92 Å². The Labute approximate surface area is 99.7 Å². The first kappa shape index (κ1) is 15.2. The Kier molecular flexibility index (Phi) is 8.49. The first-order valence-electron chi connectivity index (χ1n) is 5.88. The van der Waals surface area contributed by atoms with Gasteiger partial charge in [-0.05, 0) is 31.7 Å². The zero-order valence-corrected chi connectivity index (χ0v) is 11.4. The summed E-state index contributed by atoms with van der Waals surface area (Å²) in [6, 6.07) is 0. The third-order valence-corrected chi connectivity index (χ3v) is 2.35. The minimum Gasteiger partial charge on any atom is -0.382 e. The zero-order valence-electron chi connectivity index (χ0n) is 10.6. The highest BCUT2D eigenvalue weighted by molar-refractivity contribution is 6.20. The standard InChI is InChI=1S/C12H26ClNO/c1-5-15-8-6-7-14-10-11(13)9-12(2,3)4/h11,14H,5-10H2,1-4H3. The molecule has 0 saturated carbocycles. The number of nitrogens with one attached hydrogen (secondary N) is 1. The van der Waals surface area contributed by atoms with Crippen LogP contribution in [0, 0.1) is 5.41 Å². The highest BCUT2D eigenvalue weighted by Gasteiger charge is 2.15. The van der Waals surface area contributed by atoms with Crippen LogP contribution in [-0.4, -0.2) is 31.7 Å².